The summed E-state index contributed by atoms with van der Waals surface area (Å²) in [5, 5.41) is 14.8. The van der Waals surface area contributed by atoms with E-state index in [0.717, 1.165) is 11.1 Å². The van der Waals surface area contributed by atoms with Crippen molar-refractivity contribution in [3.63, 3.8) is 0 Å². The van der Waals surface area contributed by atoms with Gasteiger partial charge >= 0.3 is 17.9 Å². The third-order valence-electron chi connectivity index (χ3n) is 11.5. The highest BCUT2D eigenvalue weighted by Crippen LogP contribution is 2.45. The highest BCUT2D eigenvalue weighted by molar-refractivity contribution is 6.32. The van der Waals surface area contributed by atoms with Gasteiger partial charge in [0.05, 0.1) is 35.9 Å². The lowest BCUT2D eigenvalue weighted by Crippen LogP contribution is -2.51. The number of carbonyl (C=O) groups is 7. The van der Waals surface area contributed by atoms with Crippen molar-refractivity contribution in [1.82, 2.24) is 30.7 Å². The van der Waals surface area contributed by atoms with E-state index in [1.165, 1.54) is 13.2 Å². The highest BCUT2D eigenvalue weighted by atomic mass is 35.5. The molecule has 2 fully saturated rings. The molecular weight excluding hydrogens is 876 g/mol. The van der Waals surface area contributed by atoms with E-state index in [9.17, 15) is 33.6 Å². The fourth-order valence-corrected chi connectivity index (χ4v) is 7.85. The van der Waals surface area contributed by atoms with Crippen LogP contribution in [-0.2, 0) is 72.0 Å². The van der Waals surface area contributed by atoms with Gasteiger partial charge in [0.1, 0.15) is 24.0 Å². The number of halogens is 1. The molecule has 19 heteroatoms. The average Bonchev–Trinajstić information content (AvgIpc) is 3.85. The summed E-state index contributed by atoms with van der Waals surface area (Å²) in [4.78, 5) is 94.9. The first-order chi connectivity index (χ1) is 31.4. The van der Waals surface area contributed by atoms with E-state index >= 15 is 0 Å². The van der Waals surface area contributed by atoms with Gasteiger partial charge in [-0.25, -0.2) is 14.3 Å². The van der Waals surface area contributed by atoms with Crippen LogP contribution in [0.5, 0.6) is 5.75 Å². The summed E-state index contributed by atoms with van der Waals surface area (Å²) >= 11 is 6.36. The highest BCUT2D eigenvalue weighted by Gasteiger charge is 2.48. The minimum absolute atomic E-state index is 0.00276. The van der Waals surface area contributed by atoms with Gasteiger partial charge in [-0.3, -0.25) is 24.0 Å². The second kappa shape index (κ2) is 21.9. The summed E-state index contributed by atoms with van der Waals surface area (Å²) in [7, 11) is 1.49. The third kappa shape index (κ3) is 13.2. The molecule has 2 N–H and O–H groups in total. The number of aromatic nitrogens is 3. The van der Waals surface area contributed by atoms with Crippen molar-refractivity contribution in [1.29, 1.82) is 0 Å². The van der Waals surface area contributed by atoms with Gasteiger partial charge in [-0.2, -0.15) is 0 Å². The van der Waals surface area contributed by atoms with Gasteiger partial charge in [0.25, 0.3) is 11.8 Å². The largest absolute Gasteiger partial charge is 0.495 e. The van der Waals surface area contributed by atoms with Gasteiger partial charge in [0, 0.05) is 50.8 Å². The Morgan fingerprint density at radius 3 is 2.38 bits per heavy atom. The Balaban J connectivity index is 1.10. The first kappa shape index (κ1) is 49.3. The summed E-state index contributed by atoms with van der Waals surface area (Å²) in [6.45, 7) is 9.19. The van der Waals surface area contributed by atoms with E-state index in [1.54, 1.807) is 49.0 Å². The number of amides is 4. The summed E-state index contributed by atoms with van der Waals surface area (Å²) < 4.78 is 25.1. The van der Waals surface area contributed by atoms with Crippen LogP contribution < -0.4 is 15.4 Å². The van der Waals surface area contributed by atoms with Gasteiger partial charge in [-0.1, -0.05) is 74.0 Å². The van der Waals surface area contributed by atoms with Gasteiger partial charge in [-0.05, 0) is 73.9 Å². The molecule has 3 aliphatic heterocycles. The van der Waals surface area contributed by atoms with Crippen LogP contribution in [-0.4, -0.2) is 99.6 Å². The van der Waals surface area contributed by atoms with Gasteiger partial charge in [0.2, 0.25) is 11.8 Å². The lowest BCUT2D eigenvalue weighted by Gasteiger charge is -2.29. The molecule has 2 unspecified atom stereocenters. The summed E-state index contributed by atoms with van der Waals surface area (Å²) in [6, 6.07) is 11.8. The minimum atomic E-state index is -1.25. The molecule has 0 aliphatic carbocycles. The molecule has 18 nitrogen and oxygen atoms in total. The molecule has 1 aromatic heterocycles. The lowest BCUT2D eigenvalue weighted by atomic mass is 9.92. The fraction of sp³-hybridized carbons (Fsp3) is 0.511. The molecular formula is C47H57ClN6O12. The van der Waals surface area contributed by atoms with Crippen molar-refractivity contribution < 1.29 is 57.3 Å². The Labute approximate surface area is 387 Å². The predicted molar refractivity (Wildman–Crippen MR) is 236 cm³/mol. The number of epoxide rings is 1. The lowest BCUT2D eigenvalue weighted by molar-refractivity contribution is -0.197. The zero-order chi connectivity index (χ0) is 47.7. The molecule has 66 heavy (non-hydrogen) atoms. The number of esters is 2. The Bertz CT molecular complexity index is 2300. The number of benzene rings is 2. The zero-order valence-electron chi connectivity index (χ0n) is 38.0. The number of cyclic esters (lactones) is 2. The quantitative estimate of drug-likeness (QED) is 0.120. The Kier molecular flexibility index (Phi) is 16.4. The second-order valence-corrected chi connectivity index (χ2v) is 18.3. The van der Waals surface area contributed by atoms with E-state index in [-0.39, 0.29) is 69.1 Å². The van der Waals surface area contributed by atoms with Crippen LogP contribution >= 0.6 is 11.6 Å². The van der Waals surface area contributed by atoms with Crippen molar-refractivity contribution in [2.45, 2.75) is 123 Å². The molecule has 2 aromatic carbocycles. The number of hydrogen-bond donors (Lipinski definition) is 2. The van der Waals surface area contributed by atoms with Gasteiger partial charge < -0.3 is 34.4 Å². The monoisotopic (exact) mass is 932 g/mol. The normalized spacial score (nSPS) is 23.7. The molecule has 4 heterocycles. The van der Waals surface area contributed by atoms with Crippen LogP contribution in [0.2, 0.25) is 5.02 Å². The van der Waals surface area contributed by atoms with Gasteiger partial charge in [0.15, 0.2) is 6.10 Å². The maximum atomic E-state index is 13.9. The molecule has 6 rings (SSSR count). The topological polar surface area (TPSA) is 227 Å². The number of hydrogen-bond acceptors (Lipinski definition) is 14. The van der Waals surface area contributed by atoms with Crippen molar-refractivity contribution in [2.24, 2.45) is 17.3 Å². The van der Waals surface area contributed by atoms with Crippen molar-refractivity contribution >= 4 is 53.1 Å². The Hall–Kier alpha value is -6.14. The van der Waals surface area contributed by atoms with Crippen LogP contribution in [0.4, 0.5) is 0 Å². The van der Waals surface area contributed by atoms with Crippen molar-refractivity contribution in [2.75, 3.05) is 13.7 Å². The van der Waals surface area contributed by atoms with E-state index in [2.05, 4.69) is 20.9 Å². The third-order valence-corrected chi connectivity index (χ3v) is 11.8. The maximum Gasteiger partial charge on any atom is 0.347 e. The number of imide groups is 1. The van der Waals surface area contributed by atoms with Crippen LogP contribution in [0, 0.1) is 17.3 Å². The molecule has 2 saturated heterocycles. The number of aryl methyl sites for hydroxylation is 1. The standard InChI is InChI=1S/C47H57ClN6O12/c1-27(2)21-37-45(60)63-35(10-8-11-38(55)50-34(23-30-15-18-36(62-6)33(48)22-30)44(59)49-26-47(4,5)46(61)64-37)28(3)42-43(65-42)31-16-13-29(14-17-31)24-53-25-32(51-52-53)9-7-12-41(58)66-54-39(56)19-20-40(54)57/h8,11,13-18,22,25,27-28,34-35,37,42-43H,7,9-10,12,19-21,23-24,26H2,1-6H3,(H,49,59)(H,50,55)/b11-8+/t28-,34+,35-,37-,42?,43?/m0/s1. The van der Waals surface area contributed by atoms with Gasteiger partial charge in [-0.15, -0.1) is 10.2 Å². The number of rotatable bonds is 15. The zero-order valence-corrected chi connectivity index (χ0v) is 38.7. The number of hydroxylamine groups is 2. The summed E-state index contributed by atoms with van der Waals surface area (Å²) in [5.74, 6) is -4.15. The fourth-order valence-electron chi connectivity index (χ4n) is 7.57. The molecule has 3 aromatic rings. The van der Waals surface area contributed by atoms with Crippen molar-refractivity contribution in [3.8, 4) is 5.75 Å². The summed E-state index contributed by atoms with van der Waals surface area (Å²) in [6.07, 6.45) is 3.33. The van der Waals surface area contributed by atoms with Crippen LogP contribution in [0.15, 0.2) is 60.8 Å². The number of carbonyl (C=O) groups excluding carboxylic acids is 7. The molecule has 0 spiro atoms. The van der Waals surface area contributed by atoms with Crippen molar-refractivity contribution in [3.05, 3.63) is 88.2 Å². The number of ether oxygens (including phenoxy) is 4. The summed E-state index contributed by atoms with van der Waals surface area (Å²) in [5.41, 5.74) is 1.93. The maximum absolute atomic E-state index is 13.9. The average molecular weight is 933 g/mol. The van der Waals surface area contributed by atoms with Crippen LogP contribution in [0.1, 0.15) is 102 Å². The minimum Gasteiger partial charge on any atom is -0.495 e. The molecule has 0 radical (unpaired) electrons. The first-order valence-electron chi connectivity index (χ1n) is 22.1. The van der Waals surface area contributed by atoms with E-state index in [0.29, 0.717) is 46.5 Å². The van der Waals surface area contributed by atoms with E-state index < -0.39 is 65.2 Å². The predicted octanol–water partition coefficient (Wildman–Crippen LogP) is 4.69. The molecule has 4 amide bonds. The molecule has 3 aliphatic rings. The smallest absolute Gasteiger partial charge is 0.347 e. The SMILES string of the molecule is COc1ccc(C[C@H]2NC(=O)/C=C/C[C@@H]([C@H](C)C3OC3c3ccc(Cn4cc(CCCC(=O)ON5C(=O)CCC5=O)nn4)cc3)OC(=O)[C@H](CC(C)C)OC(=O)C(C)(C)CNC2=O)cc1Cl. The number of methoxy groups -OCH3 is 1. The van der Waals surface area contributed by atoms with E-state index in [4.69, 9.17) is 35.4 Å². The molecule has 0 saturated carbocycles. The Morgan fingerprint density at radius 2 is 1.70 bits per heavy atom. The van der Waals surface area contributed by atoms with E-state index in [1.807, 2.05) is 45.0 Å². The van der Waals surface area contributed by atoms with Crippen LogP contribution in [0.25, 0.3) is 0 Å². The number of nitrogens with zero attached hydrogens (tertiary/aromatic N) is 4. The van der Waals surface area contributed by atoms with Crippen LogP contribution in [0.3, 0.4) is 0 Å². The second-order valence-electron chi connectivity index (χ2n) is 17.9. The molecule has 354 valence electrons. The molecule has 0 bridgehead atoms. The molecule has 6 atom stereocenters. The first-order valence-corrected chi connectivity index (χ1v) is 22.5. The number of nitrogens with one attached hydrogen (secondary N) is 2. The Morgan fingerprint density at radius 1 is 0.985 bits per heavy atom.